The third-order valence-electron chi connectivity index (χ3n) is 5.74. The predicted octanol–water partition coefficient (Wildman–Crippen LogP) is 1.23. The van der Waals surface area contributed by atoms with Gasteiger partial charge in [0, 0.05) is 32.0 Å². The summed E-state index contributed by atoms with van der Waals surface area (Å²) >= 11 is 0. The van der Waals surface area contributed by atoms with E-state index in [4.69, 9.17) is 4.99 Å². The summed E-state index contributed by atoms with van der Waals surface area (Å²) in [7, 11) is 2.91. The minimum atomic E-state index is -0.628. The van der Waals surface area contributed by atoms with Gasteiger partial charge < -0.3 is 19.4 Å². The molecule has 3 aliphatic heterocycles. The number of imide groups is 1. The van der Waals surface area contributed by atoms with Crippen LogP contribution in [0.4, 0.5) is 4.79 Å². The normalized spacial score (nSPS) is 22.8. The Morgan fingerprint density at radius 3 is 2.57 bits per heavy atom. The van der Waals surface area contributed by atoms with E-state index in [-0.39, 0.29) is 18.9 Å². The van der Waals surface area contributed by atoms with E-state index in [1.807, 2.05) is 36.2 Å². The van der Waals surface area contributed by atoms with Crippen LogP contribution in [0.5, 0.6) is 0 Å². The van der Waals surface area contributed by atoms with E-state index >= 15 is 0 Å². The number of aliphatic imine (C=N–C) groups is 1. The Kier molecular flexibility index (Phi) is 5.19. The van der Waals surface area contributed by atoms with Gasteiger partial charge in [0.15, 0.2) is 12.2 Å². The summed E-state index contributed by atoms with van der Waals surface area (Å²) in [6.45, 7) is 2.69. The van der Waals surface area contributed by atoms with E-state index in [0.717, 1.165) is 23.6 Å². The first-order valence-corrected chi connectivity index (χ1v) is 9.93. The molecule has 0 spiro atoms. The number of likely N-dealkylation sites (N-methyl/N-ethyl adjacent to an activating group) is 1. The number of allylic oxidation sites excluding steroid dienone is 1. The number of guanidine groups is 1. The first kappa shape index (κ1) is 19.9. The van der Waals surface area contributed by atoms with E-state index in [0.29, 0.717) is 5.96 Å². The molecule has 0 radical (unpaired) electrons. The Morgan fingerprint density at radius 1 is 1.13 bits per heavy atom. The number of ether oxygens (including phenoxy) is 1. The lowest BCUT2D eigenvalue weighted by molar-refractivity contribution is -0.142. The third-order valence-corrected chi connectivity index (χ3v) is 5.74. The minimum absolute atomic E-state index is 0.0124. The Hall–Kier alpha value is -3.36. The molecule has 0 bridgehead atoms. The number of rotatable bonds is 6. The molecule has 158 valence electrons. The fourth-order valence-electron chi connectivity index (χ4n) is 4.07. The number of carbonyl (C=O) groups is 3. The van der Waals surface area contributed by atoms with Crippen molar-refractivity contribution in [3.63, 3.8) is 0 Å². The van der Waals surface area contributed by atoms with Crippen molar-refractivity contribution in [2.75, 3.05) is 27.2 Å². The van der Waals surface area contributed by atoms with Crippen LogP contribution in [0, 0.1) is 0 Å². The molecule has 3 amide bonds. The van der Waals surface area contributed by atoms with E-state index in [1.54, 1.807) is 7.05 Å². The molecule has 3 aliphatic rings. The molecular weight excluding hydrogens is 386 g/mol. The van der Waals surface area contributed by atoms with Crippen LogP contribution in [-0.2, 0) is 20.7 Å². The quantitative estimate of drug-likeness (QED) is 0.655. The molecule has 0 saturated carbocycles. The van der Waals surface area contributed by atoms with Crippen molar-refractivity contribution in [2.45, 2.75) is 32.0 Å². The van der Waals surface area contributed by atoms with Crippen LogP contribution in [0.3, 0.4) is 0 Å². The lowest BCUT2D eigenvalue weighted by Gasteiger charge is -2.40. The van der Waals surface area contributed by atoms with Crippen LogP contribution in [0.15, 0.2) is 47.2 Å². The van der Waals surface area contributed by atoms with Crippen LogP contribution in [0.1, 0.15) is 18.9 Å². The second-order valence-corrected chi connectivity index (χ2v) is 7.56. The summed E-state index contributed by atoms with van der Waals surface area (Å²) in [5, 5.41) is 0. The van der Waals surface area contributed by atoms with Gasteiger partial charge in [-0.05, 0) is 18.9 Å². The van der Waals surface area contributed by atoms with Crippen LogP contribution >= 0.6 is 0 Å². The molecule has 0 N–H and O–H groups in total. The number of benzene rings is 1. The first-order valence-electron chi connectivity index (χ1n) is 9.93. The van der Waals surface area contributed by atoms with E-state index in [2.05, 4.69) is 21.8 Å². The molecule has 2 unspecified atom stereocenters. The van der Waals surface area contributed by atoms with Crippen LogP contribution < -0.4 is 0 Å². The van der Waals surface area contributed by atoms with E-state index in [1.165, 1.54) is 17.6 Å². The maximum absolute atomic E-state index is 13.2. The highest BCUT2D eigenvalue weighted by atomic mass is 16.5. The molecule has 1 aromatic carbocycles. The monoisotopic (exact) mass is 411 g/mol. The summed E-state index contributed by atoms with van der Waals surface area (Å²) in [4.78, 5) is 48.6. The summed E-state index contributed by atoms with van der Waals surface area (Å²) in [5.41, 5.74) is 2.22. The Bertz CT molecular complexity index is 929. The lowest BCUT2D eigenvalue weighted by Crippen LogP contribution is -2.64. The molecule has 9 nitrogen and oxygen atoms in total. The molecule has 3 heterocycles. The van der Waals surface area contributed by atoms with E-state index < -0.39 is 24.2 Å². The number of fused-ring (bicyclic) bond motifs is 3. The number of hydrogen-bond donors (Lipinski definition) is 0. The van der Waals surface area contributed by atoms with Crippen molar-refractivity contribution in [1.82, 2.24) is 19.6 Å². The molecule has 1 fully saturated rings. The molecule has 2 atom stereocenters. The molecule has 1 aromatic rings. The second kappa shape index (κ2) is 7.81. The van der Waals surface area contributed by atoms with Gasteiger partial charge in [-0.15, -0.1) is 0 Å². The number of carbonyl (C=O) groups excluding carboxylic acids is 3. The number of nitrogens with zero attached hydrogens (tertiary/aromatic N) is 5. The largest absolute Gasteiger partial charge is 0.469 e. The molecule has 4 rings (SSSR count). The van der Waals surface area contributed by atoms with Gasteiger partial charge in [0.1, 0.15) is 0 Å². The summed E-state index contributed by atoms with van der Waals surface area (Å²) in [5.74, 6) is -0.131. The highest BCUT2D eigenvalue weighted by molar-refractivity contribution is 6.05. The van der Waals surface area contributed by atoms with Crippen molar-refractivity contribution in [3.8, 4) is 0 Å². The van der Waals surface area contributed by atoms with Gasteiger partial charge >= 0.3 is 12.0 Å². The van der Waals surface area contributed by atoms with Crippen molar-refractivity contribution in [1.29, 1.82) is 0 Å². The predicted molar refractivity (Wildman–Crippen MR) is 109 cm³/mol. The average molecular weight is 411 g/mol. The zero-order chi connectivity index (χ0) is 21.4. The lowest BCUT2D eigenvalue weighted by atomic mass is 10.1. The van der Waals surface area contributed by atoms with Gasteiger partial charge in [-0.25, -0.2) is 9.79 Å². The fourth-order valence-corrected chi connectivity index (χ4v) is 4.07. The van der Waals surface area contributed by atoms with Crippen molar-refractivity contribution < 1.29 is 19.1 Å². The topological polar surface area (TPSA) is 85.8 Å². The van der Waals surface area contributed by atoms with Crippen molar-refractivity contribution in [2.24, 2.45) is 4.99 Å². The molecule has 0 aromatic heterocycles. The Balaban J connectivity index is 1.52. The molecule has 0 aliphatic carbocycles. The molecule has 1 saturated heterocycles. The van der Waals surface area contributed by atoms with Gasteiger partial charge in [0.25, 0.3) is 5.91 Å². The van der Waals surface area contributed by atoms with Crippen molar-refractivity contribution >= 4 is 23.9 Å². The maximum Gasteiger partial charge on any atom is 0.328 e. The van der Waals surface area contributed by atoms with Crippen molar-refractivity contribution in [3.05, 3.63) is 47.8 Å². The smallest absolute Gasteiger partial charge is 0.328 e. The first-order chi connectivity index (χ1) is 14.4. The molecule has 9 heteroatoms. The number of urea groups is 1. The summed E-state index contributed by atoms with van der Waals surface area (Å²) in [6, 6.07) is 9.10. The summed E-state index contributed by atoms with van der Waals surface area (Å²) < 4.78 is 4.64. The highest BCUT2D eigenvalue weighted by Crippen LogP contribution is 2.34. The zero-order valence-electron chi connectivity index (χ0n) is 17.3. The Morgan fingerprint density at radius 2 is 1.87 bits per heavy atom. The van der Waals surface area contributed by atoms with Gasteiger partial charge in [0.2, 0.25) is 5.96 Å². The summed E-state index contributed by atoms with van der Waals surface area (Å²) in [6.07, 6.45) is 2.12. The maximum atomic E-state index is 13.2. The second-order valence-electron chi connectivity index (χ2n) is 7.56. The minimum Gasteiger partial charge on any atom is -0.469 e. The number of amides is 3. The standard InChI is InChI=1S/C21H25N5O4/c1-14-13-26-17-18(22-20(26)24(14)11-9-15-7-5-4-6-8-15)23(2)21(29)25(19(17)28)12-10-16(27)30-3/h4-8,13,17-18H,9-12H2,1-3H3. The van der Waals surface area contributed by atoms with E-state index in [9.17, 15) is 14.4 Å². The van der Waals surface area contributed by atoms with Gasteiger partial charge in [0.05, 0.1) is 13.5 Å². The van der Waals surface area contributed by atoms with Crippen LogP contribution in [0.25, 0.3) is 0 Å². The number of methoxy groups -OCH3 is 1. The van der Waals surface area contributed by atoms with Crippen LogP contribution in [-0.4, -0.2) is 82.9 Å². The average Bonchev–Trinajstić information content (AvgIpc) is 3.26. The van der Waals surface area contributed by atoms with Gasteiger partial charge in [-0.3, -0.25) is 14.5 Å². The Labute approximate surface area is 175 Å². The van der Waals surface area contributed by atoms with Crippen LogP contribution in [0.2, 0.25) is 0 Å². The number of hydrogen-bond acceptors (Lipinski definition) is 7. The fraction of sp³-hybridized carbons (Fsp3) is 0.429. The van der Waals surface area contributed by atoms with Gasteiger partial charge in [-0.2, -0.15) is 0 Å². The third kappa shape index (κ3) is 3.30. The molecule has 30 heavy (non-hydrogen) atoms. The molecular formula is C21H25N5O4. The zero-order valence-corrected chi connectivity index (χ0v) is 17.3. The number of esters is 1. The van der Waals surface area contributed by atoms with Gasteiger partial charge in [-0.1, -0.05) is 30.3 Å². The highest BCUT2D eigenvalue weighted by Gasteiger charge is 2.54. The SMILES string of the molecule is COC(=O)CCN1C(=O)C2C(N=C3N(CCc4ccccc4)C(C)=CN32)N(C)C1=O.